The molecule has 0 heterocycles. The second-order valence-electron chi connectivity index (χ2n) is 6.68. The number of hydrogen-bond acceptors (Lipinski definition) is 3. The van der Waals surface area contributed by atoms with Crippen LogP contribution in [0.25, 0.3) is 0 Å². The molecule has 3 rings (SSSR count). The van der Waals surface area contributed by atoms with Crippen LogP contribution < -0.4 is 10.1 Å². The van der Waals surface area contributed by atoms with Crippen molar-refractivity contribution >= 4 is 11.6 Å². The van der Waals surface area contributed by atoms with E-state index < -0.39 is 57.9 Å². The van der Waals surface area contributed by atoms with Gasteiger partial charge in [0, 0.05) is 5.69 Å². The van der Waals surface area contributed by atoms with Gasteiger partial charge in [-0.2, -0.15) is 31.6 Å². The third-order valence-electron chi connectivity index (χ3n) is 4.39. The van der Waals surface area contributed by atoms with Gasteiger partial charge in [-0.15, -0.1) is 0 Å². The molecule has 0 radical (unpaired) electrons. The monoisotopic (exact) mass is 486 g/mol. The van der Waals surface area contributed by atoms with Gasteiger partial charge >= 0.3 is 12.4 Å². The Morgan fingerprint density at radius 3 is 2.09 bits per heavy atom. The molecule has 0 aliphatic rings. The molecule has 0 atom stereocenters. The molecule has 176 valence electrons. The van der Waals surface area contributed by atoms with E-state index in [9.17, 15) is 39.9 Å². The number of ether oxygens (including phenoxy) is 1. The Morgan fingerprint density at radius 2 is 1.53 bits per heavy atom. The summed E-state index contributed by atoms with van der Waals surface area (Å²) < 4.78 is 111. The third kappa shape index (κ3) is 5.25. The highest BCUT2D eigenvalue weighted by Crippen LogP contribution is 2.38. The van der Waals surface area contributed by atoms with E-state index in [0.717, 1.165) is 30.3 Å². The van der Waals surface area contributed by atoms with Gasteiger partial charge in [-0.05, 0) is 54.6 Å². The molecule has 1 N–H and O–H groups in total. The van der Waals surface area contributed by atoms with Crippen molar-refractivity contribution in [2.45, 2.75) is 12.4 Å². The molecule has 0 fully saturated rings. The van der Waals surface area contributed by atoms with Crippen LogP contribution >= 0.6 is 0 Å². The number of halogens is 8. The lowest BCUT2D eigenvalue weighted by Crippen LogP contribution is -2.19. The van der Waals surface area contributed by atoms with E-state index in [1.807, 2.05) is 5.32 Å². The molecular weight excluding hydrogens is 476 g/mol. The molecule has 0 aromatic heterocycles. The molecule has 3 aromatic rings. The molecule has 0 aliphatic heterocycles. The summed E-state index contributed by atoms with van der Waals surface area (Å²) in [5, 5.41) is 10.9. The average molecular weight is 486 g/mol. The fourth-order valence-corrected chi connectivity index (χ4v) is 2.80. The zero-order valence-corrected chi connectivity index (χ0v) is 16.5. The fourth-order valence-electron chi connectivity index (χ4n) is 2.80. The van der Waals surface area contributed by atoms with Crippen molar-refractivity contribution in [1.82, 2.24) is 0 Å². The van der Waals surface area contributed by atoms with Crippen molar-refractivity contribution in [3.8, 4) is 17.6 Å². The van der Waals surface area contributed by atoms with Crippen LogP contribution in [0.5, 0.6) is 11.5 Å². The van der Waals surface area contributed by atoms with Gasteiger partial charge in [-0.3, -0.25) is 4.79 Å². The Bertz CT molecular complexity index is 1280. The Hall–Kier alpha value is -4.14. The van der Waals surface area contributed by atoms with Gasteiger partial charge in [0.15, 0.2) is 5.82 Å². The minimum Gasteiger partial charge on any atom is -0.456 e. The Labute approximate surface area is 186 Å². The first kappa shape index (κ1) is 24.5. The molecule has 34 heavy (non-hydrogen) atoms. The maximum atomic E-state index is 14.8. The number of nitrogens with zero attached hydrogens (tertiary/aromatic N) is 1. The number of nitrogens with one attached hydrogen (secondary N) is 1. The van der Waals surface area contributed by atoms with Crippen LogP contribution in [0.15, 0.2) is 54.6 Å². The van der Waals surface area contributed by atoms with Gasteiger partial charge < -0.3 is 10.1 Å². The predicted molar refractivity (Wildman–Crippen MR) is 102 cm³/mol. The van der Waals surface area contributed by atoms with E-state index in [2.05, 4.69) is 0 Å². The van der Waals surface area contributed by atoms with Crippen LogP contribution in [0.2, 0.25) is 0 Å². The largest absolute Gasteiger partial charge is 0.456 e. The third-order valence-corrected chi connectivity index (χ3v) is 4.39. The number of hydrogen-bond donors (Lipinski definition) is 1. The zero-order valence-electron chi connectivity index (χ0n) is 16.5. The summed E-state index contributed by atoms with van der Waals surface area (Å²) >= 11 is 0. The van der Waals surface area contributed by atoms with E-state index in [0.29, 0.717) is 24.3 Å². The summed E-state index contributed by atoms with van der Waals surface area (Å²) in [5.41, 5.74) is -4.78. The predicted octanol–water partition coefficient (Wildman–Crippen LogP) is 6.92. The number of carbonyl (C=O) groups is 1. The molecular formula is C22H10F8N2O2. The lowest BCUT2D eigenvalue weighted by molar-refractivity contribution is -0.140. The van der Waals surface area contributed by atoms with Gasteiger partial charge in [-0.25, -0.2) is 8.78 Å². The van der Waals surface area contributed by atoms with E-state index in [1.165, 1.54) is 6.07 Å². The normalized spacial score (nSPS) is 11.6. The van der Waals surface area contributed by atoms with Crippen LogP contribution in [0.4, 0.5) is 40.8 Å². The quantitative estimate of drug-likeness (QED) is 0.408. The van der Waals surface area contributed by atoms with E-state index >= 15 is 0 Å². The van der Waals surface area contributed by atoms with E-state index in [1.54, 1.807) is 0 Å². The molecule has 0 saturated carbocycles. The van der Waals surface area contributed by atoms with Gasteiger partial charge in [0.2, 0.25) is 0 Å². The summed E-state index contributed by atoms with van der Waals surface area (Å²) in [6.45, 7) is 0. The van der Waals surface area contributed by atoms with Crippen LogP contribution in [0.1, 0.15) is 27.0 Å². The smallest absolute Gasteiger partial charge is 0.419 e. The van der Waals surface area contributed by atoms with Crippen LogP contribution in [0.3, 0.4) is 0 Å². The van der Waals surface area contributed by atoms with Crippen molar-refractivity contribution in [3.05, 3.63) is 88.5 Å². The van der Waals surface area contributed by atoms with E-state index in [-0.39, 0.29) is 11.4 Å². The number of amides is 1. The van der Waals surface area contributed by atoms with Crippen molar-refractivity contribution in [2.24, 2.45) is 0 Å². The van der Waals surface area contributed by atoms with Gasteiger partial charge in [0.05, 0.1) is 16.7 Å². The van der Waals surface area contributed by atoms with Crippen molar-refractivity contribution in [2.75, 3.05) is 5.32 Å². The molecule has 0 unspecified atom stereocenters. The number of carbonyl (C=O) groups excluding carboxylic acids is 1. The summed E-state index contributed by atoms with van der Waals surface area (Å²) in [6, 6.07) is 7.99. The molecule has 0 aliphatic carbocycles. The molecule has 4 nitrogen and oxygen atoms in total. The first-order valence-electron chi connectivity index (χ1n) is 9.07. The number of alkyl halides is 6. The number of rotatable bonds is 4. The standard InChI is InChI=1S/C22H10F8N2O2/c23-16-7-3-13(9-11(16)10-31)32-20(33)18-17(8-6-15(19(18)24)22(28,29)30)34-14-4-1-12(2-5-14)21(25,26)27/h1-9H,(H,32,33). The molecule has 0 saturated heterocycles. The second-order valence-corrected chi connectivity index (χ2v) is 6.68. The second kappa shape index (κ2) is 9.01. The minimum atomic E-state index is -5.18. The molecule has 0 spiro atoms. The van der Waals surface area contributed by atoms with Crippen molar-refractivity contribution < 1.29 is 44.7 Å². The Kier molecular flexibility index (Phi) is 6.49. The molecule has 12 heteroatoms. The van der Waals surface area contributed by atoms with Gasteiger partial charge in [-0.1, -0.05) is 0 Å². The van der Waals surface area contributed by atoms with Gasteiger partial charge in [0.25, 0.3) is 5.91 Å². The highest BCUT2D eigenvalue weighted by atomic mass is 19.4. The highest BCUT2D eigenvalue weighted by molar-refractivity contribution is 6.06. The number of anilines is 1. The topological polar surface area (TPSA) is 62.1 Å². The maximum absolute atomic E-state index is 14.8. The Balaban J connectivity index is 2.03. The first-order valence-corrected chi connectivity index (χ1v) is 9.07. The van der Waals surface area contributed by atoms with Crippen LogP contribution in [-0.4, -0.2) is 5.91 Å². The number of benzene rings is 3. The summed E-state index contributed by atoms with van der Waals surface area (Å²) in [6.07, 6.45) is -9.85. The Morgan fingerprint density at radius 1 is 0.882 bits per heavy atom. The lowest BCUT2D eigenvalue weighted by Gasteiger charge is -2.16. The summed E-state index contributed by atoms with van der Waals surface area (Å²) in [4.78, 5) is 12.7. The molecule has 3 aromatic carbocycles. The first-order chi connectivity index (χ1) is 15.8. The molecule has 1 amide bonds. The van der Waals surface area contributed by atoms with E-state index in [4.69, 9.17) is 10.00 Å². The zero-order chi connectivity index (χ0) is 25.3. The van der Waals surface area contributed by atoms with Crippen molar-refractivity contribution in [1.29, 1.82) is 5.26 Å². The molecule has 0 bridgehead atoms. The number of nitriles is 1. The summed E-state index contributed by atoms with van der Waals surface area (Å²) in [5.74, 6) is -5.43. The minimum absolute atomic E-state index is 0.236. The average Bonchev–Trinajstić information content (AvgIpc) is 2.74. The highest BCUT2D eigenvalue weighted by Gasteiger charge is 2.37. The SMILES string of the molecule is N#Cc1cc(NC(=O)c2c(Oc3ccc(C(F)(F)F)cc3)ccc(C(F)(F)F)c2F)ccc1F. The van der Waals surface area contributed by atoms with Crippen LogP contribution in [-0.2, 0) is 12.4 Å². The van der Waals surface area contributed by atoms with Crippen LogP contribution in [0, 0.1) is 23.0 Å². The summed E-state index contributed by atoms with van der Waals surface area (Å²) in [7, 11) is 0. The lowest BCUT2D eigenvalue weighted by atomic mass is 10.1. The fraction of sp³-hybridized carbons (Fsp3) is 0.0909. The van der Waals surface area contributed by atoms with Crippen molar-refractivity contribution in [3.63, 3.8) is 0 Å². The van der Waals surface area contributed by atoms with Gasteiger partial charge in [0.1, 0.15) is 28.9 Å². The maximum Gasteiger partial charge on any atom is 0.419 e.